The predicted octanol–water partition coefficient (Wildman–Crippen LogP) is 3.37. The van der Waals surface area contributed by atoms with Crippen LogP contribution in [0.4, 0.5) is 0 Å². The summed E-state index contributed by atoms with van der Waals surface area (Å²) in [5, 5.41) is 8.31. The first-order valence-corrected chi connectivity index (χ1v) is 7.79. The summed E-state index contributed by atoms with van der Waals surface area (Å²) in [6.45, 7) is 7.66. The maximum Gasteiger partial charge on any atom is 0.155 e. The van der Waals surface area contributed by atoms with E-state index in [-0.39, 0.29) is 0 Å². The summed E-state index contributed by atoms with van der Waals surface area (Å²) in [4.78, 5) is 4.79. The van der Waals surface area contributed by atoms with E-state index in [9.17, 15) is 0 Å². The van der Waals surface area contributed by atoms with Gasteiger partial charge in [0.25, 0.3) is 0 Å². The lowest BCUT2D eigenvalue weighted by molar-refractivity contribution is 0.404. The molecule has 0 radical (unpaired) electrons. The molecular weight excluding hydrogens is 248 g/mol. The molecule has 1 aliphatic rings. The topological polar surface area (TPSA) is 42.2 Å². The molecule has 2 unspecified atom stereocenters. The molecule has 1 fully saturated rings. The van der Waals surface area contributed by atoms with Gasteiger partial charge in [0.05, 0.1) is 11.7 Å². The molecule has 2 aromatic heterocycles. The van der Waals surface area contributed by atoms with Gasteiger partial charge >= 0.3 is 0 Å². The van der Waals surface area contributed by atoms with Crippen molar-refractivity contribution in [3.05, 3.63) is 29.2 Å². The third-order valence-corrected chi connectivity index (χ3v) is 4.43. The number of aryl methyl sites for hydroxylation is 1. The Hall–Kier alpha value is -1.42. The van der Waals surface area contributed by atoms with Gasteiger partial charge in [-0.1, -0.05) is 20.3 Å². The predicted molar refractivity (Wildman–Crippen MR) is 81.0 cm³/mol. The normalized spacial score (nSPS) is 21.2. The summed E-state index contributed by atoms with van der Waals surface area (Å²) < 4.78 is 1.98. The maximum absolute atomic E-state index is 4.79. The molecule has 0 spiro atoms. The van der Waals surface area contributed by atoms with E-state index in [1.54, 1.807) is 0 Å². The van der Waals surface area contributed by atoms with Crippen LogP contribution in [0.2, 0.25) is 0 Å². The lowest BCUT2D eigenvalue weighted by atomic mass is 10.0. The Balaban J connectivity index is 1.99. The first kappa shape index (κ1) is 13.6. The number of nitrogens with one attached hydrogen (secondary N) is 1. The Morgan fingerprint density at radius 1 is 1.40 bits per heavy atom. The average Bonchev–Trinajstić information content (AvgIpc) is 2.92. The van der Waals surface area contributed by atoms with E-state index < -0.39 is 0 Å². The van der Waals surface area contributed by atoms with E-state index in [2.05, 4.69) is 38.2 Å². The van der Waals surface area contributed by atoms with Crippen LogP contribution in [0.15, 0.2) is 12.1 Å². The fourth-order valence-electron chi connectivity index (χ4n) is 2.90. The zero-order chi connectivity index (χ0) is 14.1. The molecule has 4 nitrogen and oxygen atoms in total. The molecule has 20 heavy (non-hydrogen) atoms. The van der Waals surface area contributed by atoms with Gasteiger partial charge in [0, 0.05) is 17.5 Å². The van der Waals surface area contributed by atoms with E-state index in [4.69, 9.17) is 10.1 Å². The molecule has 1 saturated heterocycles. The first-order valence-electron chi connectivity index (χ1n) is 7.79. The smallest absolute Gasteiger partial charge is 0.155 e. The van der Waals surface area contributed by atoms with Gasteiger partial charge < -0.3 is 5.32 Å². The highest BCUT2D eigenvalue weighted by atomic mass is 15.3. The van der Waals surface area contributed by atoms with Crippen molar-refractivity contribution in [1.82, 2.24) is 19.9 Å². The monoisotopic (exact) mass is 272 g/mol. The standard InChI is InChI=1S/C16H24N4/c1-4-11(2)14-9-12(3)20-16(18-14)10-15(19-20)13-7-5-6-8-17-13/h9-11,13,17H,4-8H2,1-3H3. The quantitative estimate of drug-likeness (QED) is 0.931. The van der Waals surface area contributed by atoms with Gasteiger partial charge in [-0.3, -0.25) is 0 Å². The highest BCUT2D eigenvalue weighted by Crippen LogP contribution is 2.24. The Kier molecular flexibility index (Phi) is 3.74. The van der Waals surface area contributed by atoms with Crippen molar-refractivity contribution in [1.29, 1.82) is 0 Å². The Bertz CT molecular complexity index is 596. The largest absolute Gasteiger partial charge is 0.309 e. The second-order valence-electron chi connectivity index (χ2n) is 5.97. The Morgan fingerprint density at radius 3 is 2.95 bits per heavy atom. The van der Waals surface area contributed by atoms with Gasteiger partial charge in [-0.25, -0.2) is 9.50 Å². The zero-order valence-corrected chi connectivity index (χ0v) is 12.7. The average molecular weight is 272 g/mol. The van der Waals surface area contributed by atoms with Crippen LogP contribution in [0.1, 0.15) is 68.6 Å². The van der Waals surface area contributed by atoms with Crippen LogP contribution in [-0.4, -0.2) is 21.1 Å². The first-order chi connectivity index (χ1) is 9.69. The SMILES string of the molecule is CCC(C)c1cc(C)n2nc(C3CCCCN3)cc2n1. The molecule has 2 aromatic rings. The summed E-state index contributed by atoms with van der Waals surface area (Å²) in [5.41, 5.74) is 4.48. The highest BCUT2D eigenvalue weighted by molar-refractivity contribution is 5.43. The van der Waals surface area contributed by atoms with Crippen LogP contribution in [0.3, 0.4) is 0 Å². The third-order valence-electron chi connectivity index (χ3n) is 4.43. The lowest BCUT2D eigenvalue weighted by Crippen LogP contribution is -2.27. The number of nitrogens with zero attached hydrogens (tertiary/aromatic N) is 3. The molecule has 0 saturated carbocycles. The molecule has 2 atom stereocenters. The minimum Gasteiger partial charge on any atom is -0.309 e. The molecule has 0 aliphatic carbocycles. The van der Waals surface area contributed by atoms with E-state index >= 15 is 0 Å². The van der Waals surface area contributed by atoms with Crippen molar-refractivity contribution in [3.63, 3.8) is 0 Å². The van der Waals surface area contributed by atoms with Gasteiger partial charge in [-0.2, -0.15) is 5.10 Å². The molecule has 4 heteroatoms. The molecule has 1 aliphatic heterocycles. The lowest BCUT2D eigenvalue weighted by Gasteiger charge is -2.21. The fraction of sp³-hybridized carbons (Fsp3) is 0.625. The summed E-state index contributed by atoms with van der Waals surface area (Å²) in [6, 6.07) is 4.73. The number of rotatable bonds is 3. The molecule has 3 rings (SSSR count). The van der Waals surface area contributed by atoms with Gasteiger partial charge in [0.15, 0.2) is 5.65 Å². The molecule has 0 amide bonds. The van der Waals surface area contributed by atoms with Crippen molar-refractivity contribution in [2.45, 2.75) is 58.4 Å². The van der Waals surface area contributed by atoms with Crippen LogP contribution in [-0.2, 0) is 0 Å². The van der Waals surface area contributed by atoms with E-state index in [1.165, 1.54) is 30.7 Å². The molecule has 108 valence electrons. The fourth-order valence-corrected chi connectivity index (χ4v) is 2.90. The third kappa shape index (κ3) is 2.44. The van der Waals surface area contributed by atoms with E-state index in [0.717, 1.165) is 24.3 Å². The Morgan fingerprint density at radius 2 is 2.25 bits per heavy atom. The summed E-state index contributed by atoms with van der Waals surface area (Å²) >= 11 is 0. The molecule has 0 aromatic carbocycles. The van der Waals surface area contributed by atoms with Crippen LogP contribution in [0, 0.1) is 6.92 Å². The minimum atomic E-state index is 0.400. The second-order valence-corrected chi connectivity index (χ2v) is 5.97. The maximum atomic E-state index is 4.79. The number of hydrogen-bond acceptors (Lipinski definition) is 3. The van der Waals surface area contributed by atoms with Crippen molar-refractivity contribution in [2.75, 3.05) is 6.54 Å². The zero-order valence-electron chi connectivity index (χ0n) is 12.7. The number of hydrogen-bond donors (Lipinski definition) is 1. The van der Waals surface area contributed by atoms with E-state index in [0.29, 0.717) is 12.0 Å². The van der Waals surface area contributed by atoms with Crippen molar-refractivity contribution in [2.24, 2.45) is 0 Å². The number of fused-ring (bicyclic) bond motifs is 1. The molecule has 1 N–H and O–H groups in total. The van der Waals surface area contributed by atoms with Gasteiger partial charge in [0.1, 0.15) is 0 Å². The molecule has 3 heterocycles. The number of piperidine rings is 1. The number of aromatic nitrogens is 3. The second kappa shape index (κ2) is 5.52. The molecular formula is C16H24N4. The van der Waals surface area contributed by atoms with Crippen LogP contribution >= 0.6 is 0 Å². The van der Waals surface area contributed by atoms with Crippen LogP contribution in [0.5, 0.6) is 0 Å². The summed E-state index contributed by atoms with van der Waals surface area (Å²) in [5.74, 6) is 0.504. The Labute approximate surface area is 120 Å². The van der Waals surface area contributed by atoms with Gasteiger partial charge in [0.2, 0.25) is 0 Å². The highest BCUT2D eigenvalue weighted by Gasteiger charge is 2.19. The van der Waals surface area contributed by atoms with Crippen molar-refractivity contribution < 1.29 is 0 Å². The van der Waals surface area contributed by atoms with Crippen molar-refractivity contribution >= 4 is 5.65 Å². The van der Waals surface area contributed by atoms with Crippen molar-refractivity contribution in [3.8, 4) is 0 Å². The summed E-state index contributed by atoms with van der Waals surface area (Å²) in [6.07, 6.45) is 4.87. The van der Waals surface area contributed by atoms with Crippen LogP contribution in [0.25, 0.3) is 5.65 Å². The van der Waals surface area contributed by atoms with Gasteiger partial charge in [-0.15, -0.1) is 0 Å². The molecule has 0 bridgehead atoms. The van der Waals surface area contributed by atoms with E-state index in [1.807, 2.05) is 4.52 Å². The van der Waals surface area contributed by atoms with Crippen LogP contribution < -0.4 is 5.32 Å². The van der Waals surface area contributed by atoms with Gasteiger partial charge in [-0.05, 0) is 44.7 Å². The summed E-state index contributed by atoms with van der Waals surface area (Å²) in [7, 11) is 0. The minimum absolute atomic E-state index is 0.400.